The lowest BCUT2D eigenvalue weighted by atomic mass is 10.1. The van der Waals surface area contributed by atoms with Crippen LogP contribution in [0.5, 0.6) is 0 Å². The van der Waals surface area contributed by atoms with Gasteiger partial charge >= 0.3 is 0 Å². The standard InChI is InChI=1S/C14H16N2S/c15-12-3-4-14-11(10-12)5-7-16(14)8-6-13-2-1-9-17-13/h1-4,9-10H,5-8,15H2. The molecule has 2 nitrogen and oxygen atoms in total. The van der Waals surface area contributed by atoms with E-state index in [0.29, 0.717) is 0 Å². The minimum Gasteiger partial charge on any atom is -0.399 e. The summed E-state index contributed by atoms with van der Waals surface area (Å²) in [6.07, 6.45) is 2.27. The molecule has 0 radical (unpaired) electrons. The van der Waals surface area contributed by atoms with Gasteiger partial charge in [-0.15, -0.1) is 11.3 Å². The summed E-state index contributed by atoms with van der Waals surface area (Å²) < 4.78 is 0. The van der Waals surface area contributed by atoms with Gasteiger partial charge in [0.15, 0.2) is 0 Å². The second-order valence-corrected chi connectivity index (χ2v) is 5.49. The summed E-state index contributed by atoms with van der Waals surface area (Å²) in [4.78, 5) is 3.93. The van der Waals surface area contributed by atoms with Gasteiger partial charge in [-0.3, -0.25) is 0 Å². The van der Waals surface area contributed by atoms with Crippen LogP contribution in [0.1, 0.15) is 10.4 Å². The van der Waals surface area contributed by atoms with Crippen LogP contribution in [0.4, 0.5) is 11.4 Å². The molecular weight excluding hydrogens is 228 g/mol. The van der Waals surface area contributed by atoms with Crippen molar-refractivity contribution in [2.75, 3.05) is 23.7 Å². The maximum atomic E-state index is 5.81. The molecule has 0 atom stereocenters. The van der Waals surface area contributed by atoms with Crippen LogP contribution < -0.4 is 10.6 Å². The molecular formula is C14H16N2S. The van der Waals surface area contributed by atoms with Gasteiger partial charge in [0.2, 0.25) is 0 Å². The van der Waals surface area contributed by atoms with E-state index in [1.807, 2.05) is 17.4 Å². The van der Waals surface area contributed by atoms with Crippen LogP contribution in [0.2, 0.25) is 0 Å². The van der Waals surface area contributed by atoms with Gasteiger partial charge in [0.05, 0.1) is 0 Å². The molecule has 1 aromatic carbocycles. The summed E-state index contributed by atoms with van der Waals surface area (Å²) in [6, 6.07) is 10.6. The number of hydrogen-bond acceptors (Lipinski definition) is 3. The fourth-order valence-electron chi connectivity index (χ4n) is 2.42. The van der Waals surface area contributed by atoms with Crippen LogP contribution in [-0.4, -0.2) is 13.1 Å². The minimum absolute atomic E-state index is 0.879. The lowest BCUT2D eigenvalue weighted by Gasteiger charge is -2.18. The monoisotopic (exact) mass is 244 g/mol. The molecule has 1 aliphatic heterocycles. The first-order valence-corrected chi connectivity index (χ1v) is 6.86. The Morgan fingerprint density at radius 2 is 2.24 bits per heavy atom. The fourth-order valence-corrected chi connectivity index (χ4v) is 3.12. The molecule has 0 saturated carbocycles. The van der Waals surface area contributed by atoms with Crippen LogP contribution in [-0.2, 0) is 12.8 Å². The summed E-state index contributed by atoms with van der Waals surface area (Å²) in [5.74, 6) is 0. The molecule has 17 heavy (non-hydrogen) atoms. The number of benzene rings is 1. The summed E-state index contributed by atoms with van der Waals surface area (Å²) in [5, 5.41) is 2.15. The summed E-state index contributed by atoms with van der Waals surface area (Å²) in [6.45, 7) is 2.24. The molecule has 0 unspecified atom stereocenters. The highest BCUT2D eigenvalue weighted by Gasteiger charge is 2.18. The fraction of sp³-hybridized carbons (Fsp3) is 0.286. The van der Waals surface area contributed by atoms with Crippen molar-refractivity contribution in [1.29, 1.82) is 0 Å². The van der Waals surface area contributed by atoms with Crippen molar-refractivity contribution >= 4 is 22.7 Å². The van der Waals surface area contributed by atoms with Crippen molar-refractivity contribution < 1.29 is 0 Å². The van der Waals surface area contributed by atoms with E-state index in [2.05, 4.69) is 34.5 Å². The molecule has 1 aliphatic rings. The molecule has 0 spiro atoms. The molecule has 2 N–H and O–H groups in total. The predicted molar refractivity (Wildman–Crippen MR) is 74.8 cm³/mol. The summed E-state index contributed by atoms with van der Waals surface area (Å²) >= 11 is 1.84. The number of nitrogen functional groups attached to an aromatic ring is 1. The molecule has 0 bridgehead atoms. The molecule has 2 heterocycles. The molecule has 3 heteroatoms. The first-order chi connectivity index (χ1) is 8.33. The first kappa shape index (κ1) is 10.7. The van der Waals surface area contributed by atoms with Crippen molar-refractivity contribution in [2.45, 2.75) is 12.8 Å². The third-order valence-electron chi connectivity index (χ3n) is 3.30. The average molecular weight is 244 g/mol. The Hall–Kier alpha value is -1.48. The van der Waals surface area contributed by atoms with Crippen molar-refractivity contribution in [3.05, 3.63) is 46.2 Å². The van der Waals surface area contributed by atoms with E-state index < -0.39 is 0 Å². The van der Waals surface area contributed by atoms with Crippen molar-refractivity contribution in [1.82, 2.24) is 0 Å². The zero-order valence-electron chi connectivity index (χ0n) is 9.73. The van der Waals surface area contributed by atoms with Crippen LogP contribution in [0.15, 0.2) is 35.7 Å². The Labute approximate surface area is 106 Å². The van der Waals surface area contributed by atoms with Crippen LogP contribution in [0.3, 0.4) is 0 Å². The van der Waals surface area contributed by atoms with Gasteiger partial charge in [0.25, 0.3) is 0 Å². The van der Waals surface area contributed by atoms with Gasteiger partial charge in [-0.1, -0.05) is 6.07 Å². The maximum Gasteiger partial charge on any atom is 0.0401 e. The molecule has 88 valence electrons. The average Bonchev–Trinajstić information content (AvgIpc) is 2.94. The van der Waals surface area contributed by atoms with Crippen LogP contribution >= 0.6 is 11.3 Å². The number of rotatable bonds is 3. The van der Waals surface area contributed by atoms with Crippen LogP contribution in [0.25, 0.3) is 0 Å². The molecule has 0 saturated heterocycles. The Morgan fingerprint density at radius 1 is 1.29 bits per heavy atom. The molecule has 1 aromatic heterocycles. The Morgan fingerprint density at radius 3 is 3.06 bits per heavy atom. The predicted octanol–water partition coefficient (Wildman–Crippen LogP) is 2.94. The highest BCUT2D eigenvalue weighted by Crippen LogP contribution is 2.29. The van der Waals surface area contributed by atoms with E-state index in [1.54, 1.807) is 0 Å². The number of hydrogen-bond donors (Lipinski definition) is 1. The van der Waals surface area contributed by atoms with Crippen molar-refractivity contribution in [3.8, 4) is 0 Å². The highest BCUT2D eigenvalue weighted by molar-refractivity contribution is 7.09. The lowest BCUT2D eigenvalue weighted by Crippen LogP contribution is -2.22. The first-order valence-electron chi connectivity index (χ1n) is 5.99. The zero-order chi connectivity index (χ0) is 11.7. The van der Waals surface area contributed by atoms with Gasteiger partial charge in [0.1, 0.15) is 0 Å². The molecule has 0 fully saturated rings. The quantitative estimate of drug-likeness (QED) is 0.841. The molecule has 2 aromatic rings. The molecule has 3 rings (SSSR count). The van der Waals surface area contributed by atoms with E-state index in [0.717, 1.165) is 31.6 Å². The number of nitrogens with two attached hydrogens (primary N) is 1. The number of thiophene rings is 1. The Bertz CT molecular complexity index is 505. The van der Waals surface area contributed by atoms with Gasteiger partial charge in [0, 0.05) is 29.3 Å². The number of anilines is 2. The van der Waals surface area contributed by atoms with Gasteiger partial charge in [-0.05, 0) is 48.1 Å². The van der Waals surface area contributed by atoms with Gasteiger partial charge in [-0.25, -0.2) is 0 Å². The summed E-state index contributed by atoms with van der Waals surface area (Å²) in [7, 11) is 0. The second kappa shape index (κ2) is 4.41. The SMILES string of the molecule is Nc1ccc2c(c1)CCN2CCc1cccs1. The normalized spacial score (nSPS) is 14.0. The highest BCUT2D eigenvalue weighted by atomic mass is 32.1. The van der Waals surface area contributed by atoms with E-state index in [4.69, 9.17) is 5.73 Å². The number of fused-ring (bicyclic) bond motifs is 1. The van der Waals surface area contributed by atoms with Crippen LogP contribution in [0, 0.1) is 0 Å². The maximum absolute atomic E-state index is 5.81. The third kappa shape index (κ3) is 2.15. The minimum atomic E-state index is 0.879. The Balaban J connectivity index is 1.71. The van der Waals surface area contributed by atoms with E-state index in [9.17, 15) is 0 Å². The molecule has 0 aliphatic carbocycles. The van der Waals surface area contributed by atoms with Crippen molar-refractivity contribution in [2.24, 2.45) is 0 Å². The second-order valence-electron chi connectivity index (χ2n) is 4.45. The van der Waals surface area contributed by atoms with E-state index in [1.165, 1.54) is 16.1 Å². The third-order valence-corrected chi connectivity index (χ3v) is 4.24. The van der Waals surface area contributed by atoms with Gasteiger partial charge in [-0.2, -0.15) is 0 Å². The largest absolute Gasteiger partial charge is 0.399 e. The lowest BCUT2D eigenvalue weighted by molar-refractivity contribution is 0.820. The Kier molecular flexibility index (Phi) is 2.77. The topological polar surface area (TPSA) is 29.3 Å². The van der Waals surface area contributed by atoms with Gasteiger partial charge < -0.3 is 10.6 Å². The summed E-state index contributed by atoms with van der Waals surface area (Å²) in [5.41, 5.74) is 9.46. The molecule has 0 amide bonds. The zero-order valence-corrected chi connectivity index (χ0v) is 10.5. The van der Waals surface area contributed by atoms with Crippen molar-refractivity contribution in [3.63, 3.8) is 0 Å². The van der Waals surface area contributed by atoms with E-state index in [-0.39, 0.29) is 0 Å². The smallest absolute Gasteiger partial charge is 0.0401 e. The number of nitrogens with zero attached hydrogens (tertiary/aromatic N) is 1. The van der Waals surface area contributed by atoms with E-state index >= 15 is 0 Å².